The first-order valence-electron chi connectivity index (χ1n) is 12.6. The van der Waals surface area contributed by atoms with Gasteiger partial charge in [-0.15, -0.1) is 6.42 Å². The Hall–Kier alpha value is -4.30. The zero-order valence-corrected chi connectivity index (χ0v) is 22.7. The van der Waals surface area contributed by atoms with Gasteiger partial charge in [-0.25, -0.2) is 4.79 Å². The molecular weight excluding hydrogens is 480 g/mol. The van der Waals surface area contributed by atoms with Crippen LogP contribution in [0.4, 0.5) is 4.79 Å². The molecule has 0 spiro atoms. The van der Waals surface area contributed by atoms with E-state index in [2.05, 4.69) is 16.6 Å². The molecule has 38 heavy (non-hydrogen) atoms. The van der Waals surface area contributed by atoms with E-state index >= 15 is 0 Å². The molecule has 0 aliphatic heterocycles. The number of nitrogens with one attached hydrogen (secondary N) is 2. The Morgan fingerprint density at radius 2 is 1.71 bits per heavy atom. The van der Waals surface area contributed by atoms with Crippen molar-refractivity contribution in [3.8, 4) is 18.4 Å². The van der Waals surface area contributed by atoms with E-state index in [1.165, 1.54) is 4.90 Å². The lowest BCUT2D eigenvalue weighted by atomic mass is 9.94. The fourth-order valence-electron chi connectivity index (χ4n) is 3.87. The highest BCUT2D eigenvalue weighted by atomic mass is 16.6. The van der Waals surface area contributed by atoms with Gasteiger partial charge in [0.2, 0.25) is 11.8 Å². The molecule has 0 aliphatic carbocycles. The molecule has 200 valence electrons. The first-order valence-corrected chi connectivity index (χ1v) is 12.6. The summed E-state index contributed by atoms with van der Waals surface area (Å²) in [6, 6.07) is 15.9. The summed E-state index contributed by atoms with van der Waals surface area (Å²) in [5.41, 5.74) is 0.921. The third-order valence-corrected chi connectivity index (χ3v) is 5.96. The monoisotopic (exact) mass is 516 g/mol. The number of hydrogen-bond donors (Lipinski definition) is 2. The molecule has 2 N–H and O–H groups in total. The van der Waals surface area contributed by atoms with E-state index in [1.54, 1.807) is 45.0 Å². The zero-order valence-electron chi connectivity index (χ0n) is 22.7. The Bertz CT molecular complexity index is 1190. The van der Waals surface area contributed by atoms with Gasteiger partial charge in [-0.1, -0.05) is 74.7 Å². The maximum atomic E-state index is 14.0. The molecule has 0 aromatic heterocycles. The highest BCUT2D eigenvalue weighted by molar-refractivity contribution is 5.92. The van der Waals surface area contributed by atoms with Gasteiger partial charge >= 0.3 is 6.09 Å². The lowest BCUT2D eigenvalue weighted by molar-refractivity contribution is -0.142. The molecule has 2 aromatic rings. The molecule has 0 saturated carbocycles. The second-order valence-electron chi connectivity index (χ2n) is 9.97. The minimum Gasteiger partial charge on any atom is -0.444 e. The lowest BCUT2D eigenvalue weighted by Gasteiger charge is -2.35. The van der Waals surface area contributed by atoms with E-state index in [0.29, 0.717) is 17.5 Å². The standard InChI is InChI=1S/C30H36N4O4/c1-7-21(3)25(33-29(37)38-30(4,5)6)28(36)34(19-18-31)26(24-17-13-12-16-23(24)8-2)27(35)32-20-22-14-10-9-11-15-22/h2,9-17,21,25-26H,7,19-20H2,1,3-6H3,(H,32,35)(H,33,37). The maximum absolute atomic E-state index is 14.0. The molecule has 8 heteroatoms. The summed E-state index contributed by atoms with van der Waals surface area (Å²) in [4.78, 5) is 41.5. The number of nitrogens with zero attached hydrogens (tertiary/aromatic N) is 2. The van der Waals surface area contributed by atoms with Crippen LogP contribution >= 0.6 is 0 Å². The number of benzene rings is 2. The summed E-state index contributed by atoms with van der Waals surface area (Å²) in [5, 5.41) is 15.2. The second kappa shape index (κ2) is 13.9. The van der Waals surface area contributed by atoms with Crippen molar-refractivity contribution in [2.45, 2.75) is 65.3 Å². The van der Waals surface area contributed by atoms with Gasteiger partial charge in [-0.05, 0) is 43.9 Å². The van der Waals surface area contributed by atoms with E-state index in [4.69, 9.17) is 11.2 Å². The van der Waals surface area contributed by atoms with E-state index in [1.807, 2.05) is 50.2 Å². The number of alkyl carbamates (subject to hydrolysis) is 1. The average molecular weight is 517 g/mol. The zero-order chi connectivity index (χ0) is 28.3. The van der Waals surface area contributed by atoms with Crippen LogP contribution < -0.4 is 10.6 Å². The third kappa shape index (κ3) is 8.38. The molecule has 3 atom stereocenters. The second-order valence-corrected chi connectivity index (χ2v) is 9.97. The Morgan fingerprint density at radius 3 is 2.29 bits per heavy atom. The molecule has 3 amide bonds. The van der Waals surface area contributed by atoms with Crippen molar-refractivity contribution >= 4 is 17.9 Å². The predicted molar refractivity (Wildman–Crippen MR) is 145 cm³/mol. The van der Waals surface area contributed by atoms with Gasteiger partial charge in [0.25, 0.3) is 0 Å². The molecule has 0 radical (unpaired) electrons. The van der Waals surface area contributed by atoms with Gasteiger partial charge in [-0.3, -0.25) is 9.59 Å². The largest absolute Gasteiger partial charge is 0.444 e. The van der Waals surface area contributed by atoms with Gasteiger partial charge in [0, 0.05) is 12.1 Å². The van der Waals surface area contributed by atoms with Crippen LogP contribution in [0.5, 0.6) is 0 Å². The van der Waals surface area contributed by atoms with Crippen molar-refractivity contribution in [2.24, 2.45) is 5.92 Å². The van der Waals surface area contributed by atoms with Crippen molar-refractivity contribution < 1.29 is 19.1 Å². The molecule has 0 aliphatic rings. The highest BCUT2D eigenvalue weighted by Crippen LogP contribution is 2.27. The lowest BCUT2D eigenvalue weighted by Crippen LogP contribution is -2.55. The van der Waals surface area contributed by atoms with Crippen molar-refractivity contribution in [1.29, 1.82) is 5.26 Å². The van der Waals surface area contributed by atoms with Crippen LogP contribution in [0, 0.1) is 29.6 Å². The van der Waals surface area contributed by atoms with Gasteiger partial charge in [0.1, 0.15) is 24.2 Å². The fraction of sp³-hybridized carbons (Fsp3) is 0.400. The molecule has 0 bridgehead atoms. The maximum Gasteiger partial charge on any atom is 0.408 e. The van der Waals surface area contributed by atoms with Crippen LogP contribution in [0.1, 0.15) is 63.8 Å². The number of carbonyl (C=O) groups is 3. The molecule has 3 unspecified atom stereocenters. The Labute approximate surface area is 225 Å². The van der Waals surface area contributed by atoms with Crippen LogP contribution in [-0.2, 0) is 20.9 Å². The fourth-order valence-corrected chi connectivity index (χ4v) is 3.87. The molecule has 0 saturated heterocycles. The molecule has 0 fully saturated rings. The number of amides is 3. The normalized spacial score (nSPS) is 13.1. The Balaban J connectivity index is 2.52. The van der Waals surface area contributed by atoms with Crippen LogP contribution in [-0.4, -0.2) is 41.0 Å². The minimum absolute atomic E-state index is 0.216. The van der Waals surface area contributed by atoms with Crippen LogP contribution in [0.3, 0.4) is 0 Å². The highest BCUT2D eigenvalue weighted by Gasteiger charge is 2.38. The van der Waals surface area contributed by atoms with Gasteiger partial charge in [0.05, 0.1) is 6.07 Å². The Kier molecular flexibility index (Phi) is 10.9. The number of nitriles is 1. The molecule has 0 heterocycles. The molecule has 2 aromatic carbocycles. The molecule has 2 rings (SSSR count). The predicted octanol–water partition coefficient (Wildman–Crippen LogP) is 4.32. The van der Waals surface area contributed by atoms with Gasteiger partial charge in [0.15, 0.2) is 0 Å². The third-order valence-electron chi connectivity index (χ3n) is 5.96. The summed E-state index contributed by atoms with van der Waals surface area (Å²) in [5.74, 6) is 1.17. The van der Waals surface area contributed by atoms with Crippen molar-refractivity contribution in [2.75, 3.05) is 6.54 Å². The van der Waals surface area contributed by atoms with Gasteiger partial charge in [-0.2, -0.15) is 5.26 Å². The topological polar surface area (TPSA) is 112 Å². The van der Waals surface area contributed by atoms with Crippen molar-refractivity contribution in [3.05, 3.63) is 71.3 Å². The van der Waals surface area contributed by atoms with Crippen molar-refractivity contribution in [1.82, 2.24) is 15.5 Å². The van der Waals surface area contributed by atoms with Crippen LogP contribution in [0.25, 0.3) is 0 Å². The van der Waals surface area contributed by atoms with Crippen LogP contribution in [0.2, 0.25) is 0 Å². The van der Waals surface area contributed by atoms with Crippen molar-refractivity contribution in [3.63, 3.8) is 0 Å². The number of ether oxygens (including phenoxy) is 1. The summed E-state index contributed by atoms with van der Waals surface area (Å²) in [6.07, 6.45) is 5.53. The average Bonchev–Trinajstić information content (AvgIpc) is 2.89. The van der Waals surface area contributed by atoms with E-state index in [9.17, 15) is 19.6 Å². The minimum atomic E-state index is -1.20. The van der Waals surface area contributed by atoms with E-state index in [-0.39, 0.29) is 12.5 Å². The quantitative estimate of drug-likeness (QED) is 0.361. The summed E-state index contributed by atoms with van der Waals surface area (Å²) < 4.78 is 5.38. The summed E-state index contributed by atoms with van der Waals surface area (Å²) in [7, 11) is 0. The SMILES string of the molecule is C#Cc1ccccc1C(C(=O)NCc1ccccc1)N(CC#N)C(=O)C(NC(=O)OC(C)(C)C)C(C)CC. The summed E-state index contributed by atoms with van der Waals surface area (Å²) in [6.45, 7) is 8.67. The van der Waals surface area contributed by atoms with E-state index in [0.717, 1.165) is 5.56 Å². The number of terminal acetylenes is 1. The summed E-state index contributed by atoms with van der Waals surface area (Å²) >= 11 is 0. The number of hydrogen-bond acceptors (Lipinski definition) is 5. The first kappa shape index (κ1) is 29.9. The molecule has 8 nitrogen and oxygen atoms in total. The number of rotatable bonds is 10. The molecular formula is C30H36N4O4. The first-order chi connectivity index (χ1) is 18.0. The van der Waals surface area contributed by atoms with Crippen LogP contribution in [0.15, 0.2) is 54.6 Å². The smallest absolute Gasteiger partial charge is 0.408 e. The van der Waals surface area contributed by atoms with Gasteiger partial charge < -0.3 is 20.3 Å². The van der Waals surface area contributed by atoms with E-state index < -0.39 is 42.1 Å². The number of carbonyl (C=O) groups excluding carboxylic acids is 3. The Morgan fingerprint density at radius 1 is 1.08 bits per heavy atom.